The van der Waals surface area contributed by atoms with E-state index in [4.69, 9.17) is 4.74 Å². The first-order valence-corrected chi connectivity index (χ1v) is 10.4. The molecule has 0 spiro atoms. The van der Waals surface area contributed by atoms with Gasteiger partial charge < -0.3 is 20.3 Å². The summed E-state index contributed by atoms with van der Waals surface area (Å²) in [6.07, 6.45) is 1.57. The molecule has 0 aliphatic carbocycles. The van der Waals surface area contributed by atoms with Gasteiger partial charge in [0.25, 0.3) is 0 Å². The van der Waals surface area contributed by atoms with Crippen LogP contribution in [0.4, 0.5) is 4.79 Å². The molecule has 2 aromatic rings. The van der Waals surface area contributed by atoms with Gasteiger partial charge in [0.05, 0.1) is 12.5 Å². The molecule has 160 valence electrons. The summed E-state index contributed by atoms with van der Waals surface area (Å²) >= 11 is 0. The number of rotatable bonds is 6. The first kappa shape index (κ1) is 21.7. The molecule has 1 saturated heterocycles. The molecule has 1 heterocycles. The van der Waals surface area contributed by atoms with Crippen LogP contribution < -0.4 is 15.4 Å². The number of hydrogen-bond acceptors (Lipinski definition) is 3. The maximum absolute atomic E-state index is 12.9. The van der Waals surface area contributed by atoms with Crippen molar-refractivity contribution in [3.05, 3.63) is 65.2 Å². The summed E-state index contributed by atoms with van der Waals surface area (Å²) in [5.74, 6) is 0.739. The summed E-state index contributed by atoms with van der Waals surface area (Å²) in [7, 11) is 1.62. The van der Waals surface area contributed by atoms with E-state index in [9.17, 15) is 9.59 Å². The summed E-state index contributed by atoms with van der Waals surface area (Å²) in [5.41, 5.74) is 2.63. The lowest BCUT2D eigenvalue weighted by atomic mass is 9.81. The molecule has 6 heteroatoms. The molecule has 1 atom stereocenters. The van der Waals surface area contributed by atoms with Crippen molar-refractivity contribution in [1.29, 1.82) is 0 Å². The molecule has 0 saturated carbocycles. The lowest BCUT2D eigenvalue weighted by molar-refractivity contribution is -0.132. The average Bonchev–Trinajstić information content (AvgIpc) is 2.77. The Hall–Kier alpha value is -3.02. The average molecular weight is 410 g/mol. The Labute approximate surface area is 178 Å². The number of benzene rings is 2. The predicted molar refractivity (Wildman–Crippen MR) is 117 cm³/mol. The number of nitrogens with one attached hydrogen (secondary N) is 2. The third-order valence-corrected chi connectivity index (χ3v) is 5.68. The van der Waals surface area contributed by atoms with Crippen molar-refractivity contribution in [1.82, 2.24) is 15.5 Å². The number of likely N-dealkylation sites (tertiary alicyclic amines) is 1. The van der Waals surface area contributed by atoms with Gasteiger partial charge in [-0.05, 0) is 49.9 Å². The molecule has 0 aromatic heterocycles. The number of urea groups is 1. The Morgan fingerprint density at radius 3 is 2.53 bits per heavy atom. The maximum atomic E-state index is 12.9. The first-order chi connectivity index (χ1) is 14.4. The van der Waals surface area contributed by atoms with Crippen molar-refractivity contribution in [2.75, 3.05) is 20.2 Å². The second-order valence-corrected chi connectivity index (χ2v) is 8.26. The highest BCUT2D eigenvalue weighted by atomic mass is 16.5. The third kappa shape index (κ3) is 5.53. The second kappa shape index (κ2) is 9.65. The zero-order valence-electron chi connectivity index (χ0n) is 18.0. The molecule has 6 nitrogen and oxygen atoms in total. The molecule has 2 aromatic carbocycles. The molecule has 0 unspecified atom stereocenters. The second-order valence-electron chi connectivity index (χ2n) is 8.26. The highest BCUT2D eigenvalue weighted by Gasteiger charge is 2.39. The van der Waals surface area contributed by atoms with Crippen LogP contribution in [0.1, 0.15) is 36.5 Å². The van der Waals surface area contributed by atoms with Crippen molar-refractivity contribution >= 4 is 11.9 Å². The number of methoxy groups -OCH3 is 1. The highest BCUT2D eigenvalue weighted by molar-refractivity contribution is 5.84. The zero-order valence-corrected chi connectivity index (χ0v) is 18.0. The van der Waals surface area contributed by atoms with Crippen LogP contribution in [0.2, 0.25) is 0 Å². The number of hydrogen-bond donors (Lipinski definition) is 2. The minimum atomic E-state index is -0.599. The van der Waals surface area contributed by atoms with E-state index in [-0.39, 0.29) is 11.9 Å². The molecular formula is C24H31N3O3. The van der Waals surface area contributed by atoms with Crippen molar-refractivity contribution in [2.24, 2.45) is 5.41 Å². The molecule has 0 radical (unpaired) electrons. The van der Waals surface area contributed by atoms with E-state index in [0.717, 1.165) is 29.7 Å². The van der Waals surface area contributed by atoms with E-state index in [1.165, 1.54) is 5.56 Å². The normalized spacial score (nSPS) is 18.6. The van der Waals surface area contributed by atoms with Gasteiger partial charge in [0.1, 0.15) is 5.75 Å². The lowest BCUT2D eigenvalue weighted by Gasteiger charge is -2.39. The molecule has 0 bridgehead atoms. The van der Waals surface area contributed by atoms with Crippen molar-refractivity contribution in [3.8, 4) is 5.75 Å². The Morgan fingerprint density at radius 1 is 1.07 bits per heavy atom. The number of aryl methyl sites for hydroxylation is 1. The fourth-order valence-electron chi connectivity index (χ4n) is 3.77. The maximum Gasteiger partial charge on any atom is 0.317 e. The van der Waals surface area contributed by atoms with Gasteiger partial charge in [0.15, 0.2) is 0 Å². The van der Waals surface area contributed by atoms with E-state index < -0.39 is 5.41 Å². The van der Waals surface area contributed by atoms with Gasteiger partial charge in [-0.2, -0.15) is 0 Å². The first-order valence-electron chi connectivity index (χ1n) is 10.4. The molecule has 1 aliphatic rings. The largest absolute Gasteiger partial charge is 0.497 e. The van der Waals surface area contributed by atoms with E-state index >= 15 is 0 Å². The fraction of sp³-hybridized carbons (Fsp3) is 0.417. The SMILES string of the molecule is COc1cccc(CNC(=O)[C@@]2(C)CCCN(C(=O)NCc3ccc(C)cc3)C2)c1. The quantitative estimate of drug-likeness (QED) is 0.765. The van der Waals surface area contributed by atoms with Crippen LogP contribution >= 0.6 is 0 Å². The van der Waals surface area contributed by atoms with Gasteiger partial charge >= 0.3 is 6.03 Å². The van der Waals surface area contributed by atoms with Crippen molar-refractivity contribution in [3.63, 3.8) is 0 Å². The lowest BCUT2D eigenvalue weighted by Crippen LogP contribution is -2.53. The number of amides is 3. The van der Waals surface area contributed by atoms with Gasteiger partial charge in [0, 0.05) is 26.2 Å². The number of ether oxygens (including phenoxy) is 1. The van der Waals surface area contributed by atoms with Gasteiger partial charge in [-0.15, -0.1) is 0 Å². The fourth-order valence-corrected chi connectivity index (χ4v) is 3.77. The van der Waals surface area contributed by atoms with Crippen LogP contribution in [0, 0.1) is 12.3 Å². The van der Waals surface area contributed by atoms with Crippen molar-refractivity contribution < 1.29 is 14.3 Å². The monoisotopic (exact) mass is 409 g/mol. The Morgan fingerprint density at radius 2 is 1.80 bits per heavy atom. The summed E-state index contributed by atoms with van der Waals surface area (Å²) in [6, 6.07) is 15.6. The van der Waals surface area contributed by atoms with Crippen LogP contribution in [-0.2, 0) is 17.9 Å². The van der Waals surface area contributed by atoms with Gasteiger partial charge in [-0.1, -0.05) is 42.0 Å². The van der Waals surface area contributed by atoms with Crippen LogP contribution in [-0.4, -0.2) is 37.0 Å². The molecule has 3 rings (SSSR count). The Kier molecular flexibility index (Phi) is 6.98. The van der Waals surface area contributed by atoms with Gasteiger partial charge in [-0.25, -0.2) is 4.79 Å². The van der Waals surface area contributed by atoms with Crippen LogP contribution in [0.3, 0.4) is 0 Å². The summed E-state index contributed by atoms with van der Waals surface area (Å²) in [5, 5.41) is 6.01. The molecule has 2 N–H and O–H groups in total. The molecule has 1 fully saturated rings. The van der Waals surface area contributed by atoms with Gasteiger partial charge in [-0.3, -0.25) is 4.79 Å². The van der Waals surface area contributed by atoms with E-state index in [1.54, 1.807) is 12.0 Å². The molecule has 30 heavy (non-hydrogen) atoms. The minimum Gasteiger partial charge on any atom is -0.497 e. The van der Waals surface area contributed by atoms with Crippen LogP contribution in [0.25, 0.3) is 0 Å². The summed E-state index contributed by atoms with van der Waals surface area (Å²) < 4.78 is 5.24. The van der Waals surface area contributed by atoms with Gasteiger partial charge in [0.2, 0.25) is 5.91 Å². The number of carbonyl (C=O) groups is 2. The zero-order chi connectivity index (χ0) is 21.6. The van der Waals surface area contributed by atoms with Crippen molar-refractivity contribution in [2.45, 2.75) is 39.8 Å². The Balaban J connectivity index is 1.54. The number of carbonyl (C=O) groups excluding carboxylic acids is 2. The van der Waals surface area contributed by atoms with E-state index in [2.05, 4.69) is 10.6 Å². The number of piperidine rings is 1. The molecule has 1 aliphatic heterocycles. The molecular weight excluding hydrogens is 378 g/mol. The predicted octanol–water partition coefficient (Wildman–Crippen LogP) is 3.63. The van der Waals surface area contributed by atoms with E-state index in [1.807, 2.05) is 62.4 Å². The topological polar surface area (TPSA) is 70.7 Å². The Bertz CT molecular complexity index is 882. The minimum absolute atomic E-state index is 0.0265. The summed E-state index contributed by atoms with van der Waals surface area (Å²) in [6.45, 7) is 5.97. The smallest absolute Gasteiger partial charge is 0.317 e. The summed E-state index contributed by atoms with van der Waals surface area (Å²) in [4.78, 5) is 27.3. The highest BCUT2D eigenvalue weighted by Crippen LogP contribution is 2.30. The third-order valence-electron chi connectivity index (χ3n) is 5.68. The van der Waals surface area contributed by atoms with E-state index in [0.29, 0.717) is 26.2 Å². The molecule has 3 amide bonds. The standard InChI is InChI=1S/C24H31N3O3/c1-18-8-10-19(11-9-18)15-26-23(29)27-13-5-12-24(2,17-27)22(28)25-16-20-6-4-7-21(14-20)30-3/h4,6-11,14H,5,12-13,15-17H2,1-3H3,(H,25,28)(H,26,29)/t24-/m0/s1. The number of nitrogens with zero attached hydrogens (tertiary/aromatic N) is 1. The van der Waals surface area contributed by atoms with Crippen LogP contribution in [0.5, 0.6) is 5.75 Å². The van der Waals surface area contributed by atoms with Crippen LogP contribution in [0.15, 0.2) is 48.5 Å².